The predicted octanol–water partition coefficient (Wildman–Crippen LogP) is 0.317. The maximum Gasteiger partial charge on any atom is 0.331 e. The van der Waals surface area contributed by atoms with E-state index in [1.807, 2.05) is 0 Å². The van der Waals surface area contributed by atoms with Gasteiger partial charge >= 0.3 is 5.69 Å². The molecule has 0 saturated carbocycles. The third-order valence-electron chi connectivity index (χ3n) is 2.68. The average Bonchev–Trinajstić information content (AvgIpc) is 2.32. The fourth-order valence-electron chi connectivity index (χ4n) is 1.64. The van der Waals surface area contributed by atoms with Crippen molar-refractivity contribution in [2.45, 2.75) is 6.54 Å². The zero-order valence-corrected chi connectivity index (χ0v) is 9.76. The van der Waals surface area contributed by atoms with Crippen LogP contribution in [0.15, 0.2) is 40.1 Å². The molecule has 0 fully saturated rings. The molecule has 18 heavy (non-hydrogen) atoms. The minimum absolute atomic E-state index is 0.0262. The van der Waals surface area contributed by atoms with Gasteiger partial charge in [-0.15, -0.1) is 0 Å². The molecule has 6 heteroatoms. The molecular formula is C12H12FN3O2. The minimum Gasteiger partial charge on any atom is -0.398 e. The third kappa shape index (κ3) is 2.17. The van der Waals surface area contributed by atoms with E-state index < -0.39 is 17.1 Å². The molecule has 1 heterocycles. The fourth-order valence-corrected chi connectivity index (χ4v) is 1.64. The van der Waals surface area contributed by atoms with E-state index in [0.29, 0.717) is 5.56 Å². The molecule has 1 aromatic carbocycles. The van der Waals surface area contributed by atoms with Gasteiger partial charge in [0.25, 0.3) is 5.56 Å². The van der Waals surface area contributed by atoms with Crippen molar-refractivity contribution in [3.63, 3.8) is 0 Å². The summed E-state index contributed by atoms with van der Waals surface area (Å²) in [6.45, 7) is 0.0262. The van der Waals surface area contributed by atoms with Gasteiger partial charge in [-0.25, -0.2) is 9.18 Å². The van der Waals surface area contributed by atoms with E-state index in [4.69, 9.17) is 5.73 Å². The number of hydrogen-bond acceptors (Lipinski definition) is 3. The van der Waals surface area contributed by atoms with Crippen LogP contribution >= 0.6 is 0 Å². The van der Waals surface area contributed by atoms with Crippen LogP contribution in [0.2, 0.25) is 0 Å². The Morgan fingerprint density at radius 2 is 2.00 bits per heavy atom. The molecule has 0 atom stereocenters. The van der Waals surface area contributed by atoms with Crippen LogP contribution in [0.3, 0.4) is 0 Å². The molecule has 5 nitrogen and oxygen atoms in total. The molecule has 0 aliphatic heterocycles. The van der Waals surface area contributed by atoms with E-state index in [-0.39, 0.29) is 12.2 Å². The number of benzene rings is 1. The molecule has 0 amide bonds. The number of nitrogens with two attached hydrogens (primary N) is 1. The van der Waals surface area contributed by atoms with Crippen molar-refractivity contribution in [1.82, 2.24) is 9.13 Å². The van der Waals surface area contributed by atoms with Gasteiger partial charge in [-0.3, -0.25) is 9.36 Å². The van der Waals surface area contributed by atoms with Crippen molar-refractivity contribution in [2.75, 3.05) is 5.73 Å². The van der Waals surface area contributed by atoms with Crippen LogP contribution in [0, 0.1) is 5.82 Å². The van der Waals surface area contributed by atoms with E-state index >= 15 is 0 Å². The molecule has 94 valence electrons. The molecule has 0 aliphatic rings. The summed E-state index contributed by atoms with van der Waals surface area (Å²) >= 11 is 0. The highest BCUT2D eigenvalue weighted by Gasteiger charge is 2.07. The van der Waals surface area contributed by atoms with Crippen LogP contribution in [0.5, 0.6) is 0 Å². The van der Waals surface area contributed by atoms with E-state index in [2.05, 4.69) is 0 Å². The molecule has 1 aromatic heterocycles. The monoisotopic (exact) mass is 249 g/mol. The van der Waals surface area contributed by atoms with Gasteiger partial charge in [-0.2, -0.15) is 0 Å². The Bertz CT molecular complexity index is 703. The second kappa shape index (κ2) is 4.48. The van der Waals surface area contributed by atoms with Crippen LogP contribution < -0.4 is 17.0 Å². The number of rotatable bonds is 2. The summed E-state index contributed by atoms with van der Waals surface area (Å²) in [6, 6.07) is 5.16. The normalized spacial score (nSPS) is 10.6. The number of nitrogen functional groups attached to an aromatic ring is 1. The minimum atomic E-state index is -0.454. The summed E-state index contributed by atoms with van der Waals surface area (Å²) in [5.74, 6) is -0.454. The van der Waals surface area contributed by atoms with E-state index in [9.17, 15) is 14.0 Å². The summed E-state index contributed by atoms with van der Waals surface area (Å²) in [6.07, 6.45) is 1.40. The van der Waals surface area contributed by atoms with Crippen molar-refractivity contribution < 1.29 is 4.39 Å². The Labute approximate surface area is 102 Å². The highest BCUT2D eigenvalue weighted by atomic mass is 19.1. The number of hydrogen-bond donors (Lipinski definition) is 1. The number of halogens is 1. The highest BCUT2D eigenvalue weighted by molar-refractivity contribution is 5.46. The van der Waals surface area contributed by atoms with Crippen LogP contribution in [0.1, 0.15) is 5.56 Å². The standard InChI is InChI=1S/C12H12FN3O2/c1-15-5-4-11(17)16(12(15)18)7-8-2-3-9(13)6-10(8)14/h2-6H,7,14H2,1H3. The summed E-state index contributed by atoms with van der Waals surface area (Å²) in [7, 11) is 1.55. The first-order valence-corrected chi connectivity index (χ1v) is 5.29. The summed E-state index contributed by atoms with van der Waals surface area (Å²) in [5, 5.41) is 0. The second-order valence-electron chi connectivity index (χ2n) is 3.98. The second-order valence-corrected chi connectivity index (χ2v) is 3.98. The lowest BCUT2D eigenvalue weighted by Gasteiger charge is -2.08. The topological polar surface area (TPSA) is 70.0 Å². The maximum atomic E-state index is 12.9. The van der Waals surface area contributed by atoms with Crippen molar-refractivity contribution in [3.8, 4) is 0 Å². The van der Waals surface area contributed by atoms with Gasteiger partial charge in [0.1, 0.15) is 5.82 Å². The molecule has 2 aromatic rings. The van der Waals surface area contributed by atoms with Gasteiger partial charge in [-0.1, -0.05) is 6.07 Å². The fraction of sp³-hybridized carbons (Fsp3) is 0.167. The van der Waals surface area contributed by atoms with Gasteiger partial charge in [0, 0.05) is 25.0 Å². The Kier molecular flexibility index (Phi) is 3.01. The van der Waals surface area contributed by atoms with Crippen molar-refractivity contribution in [2.24, 2.45) is 7.05 Å². The zero-order chi connectivity index (χ0) is 13.3. The molecule has 0 aliphatic carbocycles. The Morgan fingerprint density at radius 1 is 1.28 bits per heavy atom. The SMILES string of the molecule is Cn1ccc(=O)n(Cc2ccc(F)cc2N)c1=O. The van der Waals surface area contributed by atoms with Gasteiger partial charge in [0.15, 0.2) is 0 Å². The molecule has 0 spiro atoms. The lowest BCUT2D eigenvalue weighted by atomic mass is 10.2. The Hall–Kier alpha value is -2.37. The van der Waals surface area contributed by atoms with Crippen LogP contribution in [0.25, 0.3) is 0 Å². The average molecular weight is 249 g/mol. The molecular weight excluding hydrogens is 237 g/mol. The molecule has 2 N–H and O–H groups in total. The molecule has 0 radical (unpaired) electrons. The lowest BCUT2D eigenvalue weighted by Crippen LogP contribution is -2.38. The van der Waals surface area contributed by atoms with Crippen LogP contribution in [0.4, 0.5) is 10.1 Å². The lowest BCUT2D eigenvalue weighted by molar-refractivity contribution is 0.622. The van der Waals surface area contributed by atoms with Gasteiger partial charge in [-0.05, 0) is 17.7 Å². The number of aryl methyl sites for hydroxylation is 1. The first-order chi connectivity index (χ1) is 8.49. The first kappa shape index (κ1) is 12.1. The van der Waals surface area contributed by atoms with Crippen LogP contribution in [-0.2, 0) is 13.6 Å². The summed E-state index contributed by atoms with van der Waals surface area (Å²) in [4.78, 5) is 23.4. The number of anilines is 1. The van der Waals surface area contributed by atoms with E-state index in [1.165, 1.54) is 29.0 Å². The Balaban J connectivity index is 2.50. The van der Waals surface area contributed by atoms with Crippen molar-refractivity contribution in [1.29, 1.82) is 0 Å². The largest absolute Gasteiger partial charge is 0.398 e. The molecule has 2 rings (SSSR count). The summed E-state index contributed by atoms with van der Waals surface area (Å²) < 4.78 is 15.2. The molecule has 0 bridgehead atoms. The van der Waals surface area contributed by atoms with Crippen LogP contribution in [-0.4, -0.2) is 9.13 Å². The van der Waals surface area contributed by atoms with Crippen molar-refractivity contribution >= 4 is 5.69 Å². The third-order valence-corrected chi connectivity index (χ3v) is 2.68. The van der Waals surface area contributed by atoms with E-state index in [1.54, 1.807) is 7.05 Å². The van der Waals surface area contributed by atoms with Gasteiger partial charge < -0.3 is 10.3 Å². The van der Waals surface area contributed by atoms with Gasteiger partial charge in [0.05, 0.1) is 6.54 Å². The first-order valence-electron chi connectivity index (χ1n) is 5.29. The quantitative estimate of drug-likeness (QED) is 0.779. The smallest absolute Gasteiger partial charge is 0.331 e. The maximum absolute atomic E-state index is 12.9. The van der Waals surface area contributed by atoms with E-state index in [0.717, 1.165) is 10.6 Å². The highest BCUT2D eigenvalue weighted by Crippen LogP contribution is 2.13. The Morgan fingerprint density at radius 3 is 2.67 bits per heavy atom. The van der Waals surface area contributed by atoms with Crippen molar-refractivity contribution in [3.05, 3.63) is 62.7 Å². The zero-order valence-electron chi connectivity index (χ0n) is 9.76. The van der Waals surface area contributed by atoms with Gasteiger partial charge in [0.2, 0.25) is 0 Å². The summed E-state index contributed by atoms with van der Waals surface area (Å²) in [5.41, 5.74) is 5.53. The molecule has 0 unspecified atom stereocenters. The molecule has 0 saturated heterocycles. The number of nitrogens with zero attached hydrogens (tertiary/aromatic N) is 2. The predicted molar refractivity (Wildman–Crippen MR) is 65.9 cm³/mol. The number of aromatic nitrogens is 2.